The standard InChI is InChI=1S/C21H19N3O2S/c1-24(27(2,25)26)16-13-11-15(12-14-16)22-21-17-7-3-5-9-19(17)23-20-10-6-4-8-18(20)21/h3-14H,1-2H3,(H,22,23). The predicted octanol–water partition coefficient (Wildman–Crippen LogP) is 4.53. The maximum atomic E-state index is 11.7. The van der Waals surface area contributed by atoms with Crippen LogP contribution < -0.4 is 9.62 Å². The Kier molecular flexibility index (Phi) is 4.20. The molecule has 0 saturated carbocycles. The Bertz CT molecular complexity index is 1180. The largest absolute Gasteiger partial charge is 0.354 e. The van der Waals surface area contributed by atoms with Crippen molar-refractivity contribution in [3.63, 3.8) is 0 Å². The average molecular weight is 377 g/mol. The summed E-state index contributed by atoms with van der Waals surface area (Å²) in [5.41, 5.74) is 4.33. The van der Waals surface area contributed by atoms with Crippen molar-refractivity contribution in [2.45, 2.75) is 0 Å². The summed E-state index contributed by atoms with van der Waals surface area (Å²) in [4.78, 5) is 4.73. The van der Waals surface area contributed by atoms with Crippen molar-refractivity contribution in [3.05, 3.63) is 72.8 Å². The van der Waals surface area contributed by atoms with Crippen LogP contribution in [-0.2, 0) is 10.0 Å². The van der Waals surface area contributed by atoms with Gasteiger partial charge in [0, 0.05) is 23.5 Å². The molecule has 136 valence electrons. The molecule has 4 aromatic rings. The number of fused-ring (bicyclic) bond motifs is 2. The minimum atomic E-state index is -3.28. The summed E-state index contributed by atoms with van der Waals surface area (Å²) in [6.45, 7) is 0. The molecular weight excluding hydrogens is 358 g/mol. The molecule has 1 N–H and O–H groups in total. The molecule has 4 rings (SSSR count). The van der Waals surface area contributed by atoms with Crippen LogP contribution in [0.25, 0.3) is 21.8 Å². The van der Waals surface area contributed by atoms with E-state index in [1.165, 1.54) is 10.6 Å². The van der Waals surface area contributed by atoms with Gasteiger partial charge in [-0.05, 0) is 36.4 Å². The fourth-order valence-electron chi connectivity index (χ4n) is 3.07. The van der Waals surface area contributed by atoms with Gasteiger partial charge in [0.15, 0.2) is 0 Å². The van der Waals surface area contributed by atoms with Gasteiger partial charge in [0.05, 0.1) is 28.7 Å². The lowest BCUT2D eigenvalue weighted by Crippen LogP contribution is -2.24. The summed E-state index contributed by atoms with van der Waals surface area (Å²) < 4.78 is 24.7. The first kappa shape index (κ1) is 17.3. The maximum Gasteiger partial charge on any atom is 0.231 e. The first-order valence-corrected chi connectivity index (χ1v) is 10.4. The minimum absolute atomic E-state index is 0.618. The van der Waals surface area contributed by atoms with Gasteiger partial charge in [-0.2, -0.15) is 0 Å². The lowest BCUT2D eigenvalue weighted by Gasteiger charge is -2.18. The van der Waals surface area contributed by atoms with E-state index in [0.717, 1.165) is 33.2 Å². The fraction of sp³-hybridized carbons (Fsp3) is 0.0952. The number of sulfonamides is 1. The van der Waals surface area contributed by atoms with Crippen LogP contribution in [0.15, 0.2) is 72.8 Å². The van der Waals surface area contributed by atoms with Crippen molar-refractivity contribution in [3.8, 4) is 0 Å². The van der Waals surface area contributed by atoms with Gasteiger partial charge in [-0.25, -0.2) is 13.4 Å². The molecule has 3 aromatic carbocycles. The van der Waals surface area contributed by atoms with Gasteiger partial charge in [0.1, 0.15) is 0 Å². The molecule has 0 spiro atoms. The van der Waals surface area contributed by atoms with Crippen LogP contribution in [0.5, 0.6) is 0 Å². The van der Waals surface area contributed by atoms with E-state index in [9.17, 15) is 8.42 Å². The Hall–Kier alpha value is -3.12. The number of hydrogen-bond donors (Lipinski definition) is 1. The lowest BCUT2D eigenvalue weighted by atomic mass is 10.1. The lowest BCUT2D eigenvalue weighted by molar-refractivity contribution is 0.600. The first-order valence-electron chi connectivity index (χ1n) is 8.52. The Morgan fingerprint density at radius 1 is 0.815 bits per heavy atom. The molecule has 0 saturated heterocycles. The summed E-state index contributed by atoms with van der Waals surface area (Å²) in [7, 11) is -1.74. The summed E-state index contributed by atoms with van der Waals surface area (Å²) in [5.74, 6) is 0. The van der Waals surface area contributed by atoms with Gasteiger partial charge in [0.2, 0.25) is 10.0 Å². The molecule has 0 amide bonds. The molecule has 0 unspecified atom stereocenters. The quantitative estimate of drug-likeness (QED) is 0.531. The van der Waals surface area contributed by atoms with Crippen molar-refractivity contribution < 1.29 is 8.42 Å². The van der Waals surface area contributed by atoms with Crippen molar-refractivity contribution in [1.29, 1.82) is 0 Å². The number of nitrogens with zero attached hydrogens (tertiary/aromatic N) is 2. The van der Waals surface area contributed by atoms with Gasteiger partial charge in [0.25, 0.3) is 0 Å². The van der Waals surface area contributed by atoms with Crippen LogP contribution in [0.3, 0.4) is 0 Å². The zero-order valence-electron chi connectivity index (χ0n) is 15.0. The molecule has 1 aromatic heterocycles. The second-order valence-electron chi connectivity index (χ2n) is 6.42. The summed E-state index contributed by atoms with van der Waals surface area (Å²) in [5, 5.41) is 5.56. The van der Waals surface area contributed by atoms with Crippen LogP contribution in [-0.4, -0.2) is 26.7 Å². The molecule has 1 heterocycles. The highest BCUT2D eigenvalue weighted by molar-refractivity contribution is 7.92. The van der Waals surface area contributed by atoms with E-state index in [2.05, 4.69) is 5.32 Å². The van der Waals surface area contributed by atoms with E-state index in [4.69, 9.17) is 4.98 Å². The molecule has 0 bridgehead atoms. The van der Waals surface area contributed by atoms with Gasteiger partial charge in [-0.15, -0.1) is 0 Å². The van der Waals surface area contributed by atoms with E-state index >= 15 is 0 Å². The second-order valence-corrected chi connectivity index (χ2v) is 8.44. The van der Waals surface area contributed by atoms with E-state index in [-0.39, 0.29) is 0 Å². The van der Waals surface area contributed by atoms with Gasteiger partial charge in [-0.1, -0.05) is 36.4 Å². The van der Waals surface area contributed by atoms with Crippen LogP contribution in [0.2, 0.25) is 0 Å². The predicted molar refractivity (Wildman–Crippen MR) is 112 cm³/mol. The minimum Gasteiger partial charge on any atom is -0.354 e. The van der Waals surface area contributed by atoms with Gasteiger partial charge >= 0.3 is 0 Å². The number of hydrogen-bond acceptors (Lipinski definition) is 4. The summed E-state index contributed by atoms with van der Waals surface area (Å²) in [6.07, 6.45) is 1.19. The number of aromatic nitrogens is 1. The third-order valence-corrected chi connectivity index (χ3v) is 5.79. The zero-order valence-corrected chi connectivity index (χ0v) is 15.9. The van der Waals surface area contributed by atoms with Gasteiger partial charge < -0.3 is 5.32 Å². The Morgan fingerprint density at radius 2 is 1.33 bits per heavy atom. The normalized spacial score (nSPS) is 11.6. The molecule has 0 aliphatic rings. The van der Waals surface area contributed by atoms with Crippen LogP contribution >= 0.6 is 0 Å². The Balaban J connectivity index is 1.79. The third kappa shape index (κ3) is 3.31. The van der Waals surface area contributed by atoms with Crippen LogP contribution in [0.1, 0.15) is 0 Å². The number of para-hydroxylation sites is 2. The maximum absolute atomic E-state index is 11.7. The topological polar surface area (TPSA) is 62.3 Å². The molecule has 0 atom stereocenters. The molecular formula is C21H19N3O2S. The number of nitrogens with one attached hydrogen (secondary N) is 1. The van der Waals surface area contributed by atoms with E-state index < -0.39 is 10.0 Å². The highest BCUT2D eigenvalue weighted by atomic mass is 32.2. The number of benzene rings is 3. The highest BCUT2D eigenvalue weighted by Gasteiger charge is 2.12. The monoisotopic (exact) mass is 377 g/mol. The second kappa shape index (κ2) is 6.55. The highest BCUT2D eigenvalue weighted by Crippen LogP contribution is 2.33. The molecule has 5 nitrogen and oxygen atoms in total. The molecule has 0 aliphatic heterocycles. The van der Waals surface area contributed by atoms with Gasteiger partial charge in [-0.3, -0.25) is 4.31 Å². The smallest absolute Gasteiger partial charge is 0.231 e. The summed E-state index contributed by atoms with van der Waals surface area (Å²) >= 11 is 0. The molecule has 0 aliphatic carbocycles. The van der Waals surface area contributed by atoms with E-state index in [1.54, 1.807) is 19.2 Å². The zero-order chi connectivity index (χ0) is 19.0. The molecule has 0 fully saturated rings. The average Bonchev–Trinajstić information content (AvgIpc) is 2.67. The van der Waals surface area contributed by atoms with E-state index in [1.807, 2.05) is 60.7 Å². The van der Waals surface area contributed by atoms with Crippen LogP contribution in [0, 0.1) is 0 Å². The molecule has 27 heavy (non-hydrogen) atoms. The van der Waals surface area contributed by atoms with Crippen molar-refractivity contribution in [2.24, 2.45) is 0 Å². The SMILES string of the molecule is CN(c1ccc(Nc2c3ccccc3nc3ccccc23)cc1)S(C)(=O)=O. The fourth-order valence-corrected chi connectivity index (χ4v) is 3.57. The van der Waals surface area contributed by atoms with Crippen molar-refractivity contribution in [2.75, 3.05) is 22.9 Å². The Morgan fingerprint density at radius 3 is 1.85 bits per heavy atom. The van der Waals surface area contributed by atoms with Crippen molar-refractivity contribution >= 4 is 48.9 Å². The third-order valence-electron chi connectivity index (χ3n) is 4.59. The number of rotatable bonds is 4. The Labute approximate surface area is 158 Å². The molecule has 0 radical (unpaired) electrons. The summed E-state index contributed by atoms with van der Waals surface area (Å²) in [6, 6.07) is 23.3. The molecule has 6 heteroatoms. The van der Waals surface area contributed by atoms with E-state index in [0.29, 0.717) is 5.69 Å². The number of pyridine rings is 1. The number of anilines is 3. The van der Waals surface area contributed by atoms with Crippen LogP contribution in [0.4, 0.5) is 17.1 Å². The van der Waals surface area contributed by atoms with Crippen molar-refractivity contribution in [1.82, 2.24) is 4.98 Å². The first-order chi connectivity index (χ1) is 12.9.